The summed E-state index contributed by atoms with van der Waals surface area (Å²) in [6.45, 7) is 27.1. The molecule has 0 aliphatic heterocycles. The molecule has 0 saturated heterocycles. The molecule has 0 heterocycles. The molecule has 2 atom stereocenters. The number of hydrogen-bond donors (Lipinski definition) is 0. The van der Waals surface area contributed by atoms with E-state index in [1.165, 1.54) is 22.3 Å². The summed E-state index contributed by atoms with van der Waals surface area (Å²) in [5, 5.41) is 0. The van der Waals surface area contributed by atoms with Crippen molar-refractivity contribution in [1.29, 1.82) is 0 Å². The fourth-order valence-corrected chi connectivity index (χ4v) is 4.10. The van der Waals surface area contributed by atoms with Crippen molar-refractivity contribution in [2.24, 2.45) is 0 Å². The largest absolute Gasteiger partial charge is 0.486 e. The first-order valence-corrected chi connectivity index (χ1v) is 12.5. The van der Waals surface area contributed by atoms with Crippen molar-refractivity contribution >= 4 is 0 Å². The molecule has 0 aromatic heterocycles. The molecule has 0 amide bonds. The fourth-order valence-electron chi connectivity index (χ4n) is 4.10. The second-order valence-corrected chi connectivity index (χ2v) is 14.0. The van der Waals surface area contributed by atoms with Gasteiger partial charge in [-0.3, -0.25) is 0 Å². The van der Waals surface area contributed by atoms with E-state index in [-0.39, 0.29) is 33.9 Å². The number of benzene rings is 2. The molecule has 1 aliphatic carbocycles. The molecule has 1 fully saturated rings. The van der Waals surface area contributed by atoms with Crippen molar-refractivity contribution in [1.82, 2.24) is 0 Å². The minimum absolute atomic E-state index is 0.0179. The third-order valence-corrected chi connectivity index (χ3v) is 6.54. The second-order valence-electron chi connectivity index (χ2n) is 14.0. The van der Waals surface area contributed by atoms with E-state index in [9.17, 15) is 0 Å². The summed E-state index contributed by atoms with van der Waals surface area (Å²) in [5.41, 5.74) is 5.50. The first-order valence-electron chi connectivity index (χ1n) is 12.5. The molecule has 2 heteroatoms. The Morgan fingerprint density at radius 2 is 0.848 bits per heavy atom. The Labute approximate surface area is 203 Å². The molecule has 0 radical (unpaired) electrons. The highest BCUT2D eigenvalue weighted by molar-refractivity contribution is 5.45. The molecular formula is C31H46O2. The van der Waals surface area contributed by atoms with Gasteiger partial charge in [0.25, 0.3) is 0 Å². The van der Waals surface area contributed by atoms with E-state index in [1.807, 2.05) is 0 Å². The summed E-state index contributed by atoms with van der Waals surface area (Å²) in [4.78, 5) is 0. The van der Waals surface area contributed by atoms with Crippen molar-refractivity contribution < 1.29 is 9.47 Å². The molecule has 0 bridgehead atoms. The van der Waals surface area contributed by atoms with Crippen LogP contribution in [0.4, 0.5) is 0 Å². The van der Waals surface area contributed by atoms with Gasteiger partial charge in [0.15, 0.2) is 0 Å². The zero-order valence-corrected chi connectivity index (χ0v) is 23.1. The molecular weight excluding hydrogens is 404 g/mol. The molecule has 182 valence electrons. The van der Waals surface area contributed by atoms with Crippen LogP contribution in [0.5, 0.6) is 11.5 Å². The van der Waals surface area contributed by atoms with Gasteiger partial charge in [-0.25, -0.2) is 0 Å². The standard InChI is InChI=1S/C31H46O2/c1-28(2,3)20-13-15-24(22(17-20)30(7,8)9)32-26-19-27(26)33-25-16-14-21(29(4,5)6)18-23(25)31(10,11)12/h13-18,26-27H,19H2,1-12H3. The molecule has 1 aliphatic rings. The van der Waals surface area contributed by atoms with Crippen LogP contribution < -0.4 is 9.47 Å². The molecule has 2 aromatic carbocycles. The van der Waals surface area contributed by atoms with E-state index in [0.29, 0.717) is 0 Å². The van der Waals surface area contributed by atoms with Gasteiger partial charge in [-0.1, -0.05) is 107 Å². The lowest BCUT2D eigenvalue weighted by Gasteiger charge is -2.28. The Kier molecular flexibility index (Phi) is 6.50. The topological polar surface area (TPSA) is 18.5 Å². The Bertz CT molecular complexity index is 906. The number of ether oxygens (including phenoxy) is 2. The first kappa shape index (κ1) is 25.7. The lowest BCUT2D eigenvalue weighted by molar-refractivity contribution is 0.205. The van der Waals surface area contributed by atoms with Crippen LogP contribution in [-0.4, -0.2) is 12.2 Å². The Morgan fingerprint density at radius 3 is 1.12 bits per heavy atom. The summed E-state index contributed by atoms with van der Waals surface area (Å²) in [6.07, 6.45) is 1.12. The molecule has 33 heavy (non-hydrogen) atoms. The zero-order valence-electron chi connectivity index (χ0n) is 23.1. The third kappa shape index (κ3) is 6.14. The van der Waals surface area contributed by atoms with Gasteiger partial charge in [0.05, 0.1) is 0 Å². The minimum Gasteiger partial charge on any atom is -0.486 e. The van der Waals surface area contributed by atoms with Gasteiger partial charge in [0, 0.05) is 6.42 Å². The summed E-state index contributed by atoms with van der Waals surface area (Å²) in [7, 11) is 0. The molecule has 2 nitrogen and oxygen atoms in total. The highest BCUT2D eigenvalue weighted by Crippen LogP contribution is 2.42. The molecule has 3 rings (SSSR count). The van der Waals surface area contributed by atoms with Gasteiger partial charge in [0.1, 0.15) is 23.7 Å². The van der Waals surface area contributed by atoms with E-state index in [2.05, 4.69) is 119 Å². The number of hydrogen-bond acceptors (Lipinski definition) is 2. The quantitative estimate of drug-likeness (QED) is 0.465. The highest BCUT2D eigenvalue weighted by atomic mass is 16.6. The van der Waals surface area contributed by atoms with Crippen LogP contribution >= 0.6 is 0 Å². The van der Waals surface area contributed by atoms with Gasteiger partial charge in [-0.15, -0.1) is 0 Å². The van der Waals surface area contributed by atoms with Gasteiger partial charge in [-0.05, 0) is 56.0 Å². The first-order chi connectivity index (χ1) is 14.9. The maximum atomic E-state index is 6.51. The Balaban J connectivity index is 1.81. The number of rotatable bonds is 4. The third-order valence-electron chi connectivity index (χ3n) is 6.54. The fraction of sp³-hybridized carbons (Fsp3) is 0.613. The van der Waals surface area contributed by atoms with E-state index in [1.54, 1.807) is 0 Å². The van der Waals surface area contributed by atoms with Crippen LogP contribution in [0.15, 0.2) is 36.4 Å². The molecule has 2 unspecified atom stereocenters. The van der Waals surface area contributed by atoms with Crippen LogP contribution in [0.3, 0.4) is 0 Å². The van der Waals surface area contributed by atoms with E-state index < -0.39 is 0 Å². The monoisotopic (exact) mass is 450 g/mol. The summed E-state index contributed by atoms with van der Waals surface area (Å²) in [5.74, 6) is 1.98. The van der Waals surface area contributed by atoms with E-state index in [4.69, 9.17) is 9.47 Å². The van der Waals surface area contributed by atoms with Crippen molar-refractivity contribution in [2.45, 2.75) is 123 Å². The molecule has 1 saturated carbocycles. The molecule has 0 N–H and O–H groups in total. The van der Waals surface area contributed by atoms with Crippen LogP contribution in [-0.2, 0) is 21.7 Å². The van der Waals surface area contributed by atoms with Gasteiger partial charge in [0.2, 0.25) is 0 Å². The normalized spacial score (nSPS) is 19.4. The molecule has 2 aromatic rings. The van der Waals surface area contributed by atoms with E-state index >= 15 is 0 Å². The highest BCUT2D eigenvalue weighted by Gasteiger charge is 2.44. The average molecular weight is 451 g/mol. The Hall–Kier alpha value is -1.96. The minimum atomic E-state index is 0.0179. The lowest BCUT2D eigenvalue weighted by atomic mass is 9.80. The maximum Gasteiger partial charge on any atom is 0.139 e. The average Bonchev–Trinajstić information content (AvgIpc) is 3.35. The summed E-state index contributed by atoms with van der Waals surface area (Å²) >= 11 is 0. The van der Waals surface area contributed by atoms with Crippen molar-refractivity contribution in [3.05, 3.63) is 58.7 Å². The van der Waals surface area contributed by atoms with Crippen LogP contribution in [0.25, 0.3) is 0 Å². The van der Waals surface area contributed by atoms with Crippen LogP contribution in [0.1, 0.15) is 112 Å². The van der Waals surface area contributed by atoms with E-state index in [0.717, 1.165) is 17.9 Å². The molecule has 0 spiro atoms. The van der Waals surface area contributed by atoms with Gasteiger partial charge >= 0.3 is 0 Å². The van der Waals surface area contributed by atoms with Crippen molar-refractivity contribution in [2.75, 3.05) is 0 Å². The van der Waals surface area contributed by atoms with Gasteiger partial charge in [-0.2, -0.15) is 0 Å². The lowest BCUT2D eigenvalue weighted by Crippen LogP contribution is -2.20. The smallest absolute Gasteiger partial charge is 0.139 e. The predicted molar refractivity (Wildman–Crippen MR) is 141 cm³/mol. The maximum absolute atomic E-state index is 6.51. The van der Waals surface area contributed by atoms with Crippen LogP contribution in [0, 0.1) is 0 Å². The predicted octanol–water partition coefficient (Wildman–Crippen LogP) is 8.48. The summed E-state index contributed by atoms with van der Waals surface area (Å²) in [6, 6.07) is 13.4. The van der Waals surface area contributed by atoms with Crippen molar-refractivity contribution in [3.8, 4) is 11.5 Å². The SMILES string of the molecule is CC(C)(C)c1ccc(OC2CC2Oc2ccc(C(C)(C)C)cc2C(C)(C)C)c(C(C)(C)C)c1. The zero-order chi connectivity index (χ0) is 25.0. The summed E-state index contributed by atoms with van der Waals surface area (Å²) < 4.78 is 13.0. The van der Waals surface area contributed by atoms with Gasteiger partial charge < -0.3 is 9.47 Å². The van der Waals surface area contributed by atoms with Crippen molar-refractivity contribution in [3.63, 3.8) is 0 Å². The van der Waals surface area contributed by atoms with Crippen LogP contribution in [0.2, 0.25) is 0 Å². The second kappa shape index (κ2) is 8.36. The Morgan fingerprint density at radius 1 is 0.515 bits per heavy atom.